The van der Waals surface area contributed by atoms with Crippen molar-refractivity contribution in [3.05, 3.63) is 18.2 Å². The van der Waals surface area contributed by atoms with Crippen LogP contribution in [0.1, 0.15) is 41.0 Å². The van der Waals surface area contributed by atoms with Gasteiger partial charge >= 0.3 is 6.09 Å². The molecule has 2 amide bonds. The quantitative estimate of drug-likeness (QED) is 0.770. The highest BCUT2D eigenvalue weighted by atomic mass is 16.6. The summed E-state index contributed by atoms with van der Waals surface area (Å²) in [5, 5.41) is 5.47. The fourth-order valence-electron chi connectivity index (χ4n) is 2.25. The predicted octanol–water partition coefficient (Wildman–Crippen LogP) is 3.58. The van der Waals surface area contributed by atoms with Crippen molar-refractivity contribution in [3.63, 3.8) is 0 Å². The normalized spacial score (nSPS) is 13.3. The van der Waals surface area contributed by atoms with Crippen molar-refractivity contribution in [2.75, 3.05) is 19.5 Å². The summed E-state index contributed by atoms with van der Waals surface area (Å²) < 4.78 is 15.7. The first-order chi connectivity index (χ1) is 12.1. The molecule has 0 saturated carbocycles. The lowest BCUT2D eigenvalue weighted by Gasteiger charge is -2.26. The van der Waals surface area contributed by atoms with Gasteiger partial charge in [-0.05, 0) is 38.8 Å². The summed E-state index contributed by atoms with van der Waals surface area (Å²) >= 11 is 0. The molecule has 1 rings (SSSR count). The summed E-state index contributed by atoms with van der Waals surface area (Å²) in [6.45, 7) is 9.16. The van der Waals surface area contributed by atoms with E-state index in [-0.39, 0.29) is 11.8 Å². The average Bonchev–Trinajstić information content (AvgIpc) is 2.57. The summed E-state index contributed by atoms with van der Waals surface area (Å²) in [5.41, 5.74) is -0.141. The van der Waals surface area contributed by atoms with Gasteiger partial charge in [-0.2, -0.15) is 0 Å². The van der Waals surface area contributed by atoms with E-state index in [2.05, 4.69) is 10.6 Å². The first-order valence-electron chi connectivity index (χ1n) is 8.63. The third kappa shape index (κ3) is 6.46. The standard InChI is InChI=1S/C19H30N2O5/c1-8-12(2)16(21-18(23)26-19(3,4)5)17(22)20-14-10-9-13(24-6)11-15(14)25-7/h9-12,16H,8H2,1-7H3,(H,20,22)(H,21,23). The molecule has 7 heteroatoms. The van der Waals surface area contributed by atoms with E-state index >= 15 is 0 Å². The molecule has 1 aromatic rings. The number of nitrogens with one attached hydrogen (secondary N) is 2. The van der Waals surface area contributed by atoms with Crippen LogP contribution in [0.4, 0.5) is 10.5 Å². The molecule has 0 heterocycles. The third-order valence-corrected chi connectivity index (χ3v) is 3.83. The number of amides is 2. The molecular formula is C19H30N2O5. The number of alkyl carbamates (subject to hydrolysis) is 1. The monoisotopic (exact) mass is 366 g/mol. The van der Waals surface area contributed by atoms with E-state index in [1.54, 1.807) is 46.1 Å². The maximum atomic E-state index is 12.8. The minimum Gasteiger partial charge on any atom is -0.497 e. The molecule has 0 radical (unpaired) electrons. The van der Waals surface area contributed by atoms with Crippen molar-refractivity contribution in [1.82, 2.24) is 5.32 Å². The zero-order chi connectivity index (χ0) is 19.9. The zero-order valence-electron chi connectivity index (χ0n) is 16.6. The molecule has 2 N–H and O–H groups in total. The Morgan fingerprint density at radius 2 is 1.81 bits per heavy atom. The van der Waals surface area contributed by atoms with Gasteiger partial charge in [0.2, 0.25) is 5.91 Å². The van der Waals surface area contributed by atoms with Crippen LogP contribution in [0.15, 0.2) is 18.2 Å². The average molecular weight is 366 g/mol. The minimum absolute atomic E-state index is 0.0771. The van der Waals surface area contributed by atoms with E-state index < -0.39 is 17.7 Å². The van der Waals surface area contributed by atoms with Gasteiger partial charge in [-0.3, -0.25) is 4.79 Å². The topological polar surface area (TPSA) is 85.9 Å². The molecule has 26 heavy (non-hydrogen) atoms. The molecule has 0 aliphatic heterocycles. The number of hydrogen-bond donors (Lipinski definition) is 2. The lowest BCUT2D eigenvalue weighted by atomic mass is 9.98. The summed E-state index contributed by atoms with van der Waals surface area (Å²) in [6, 6.07) is 4.35. The van der Waals surface area contributed by atoms with Crippen LogP contribution in [-0.2, 0) is 9.53 Å². The number of methoxy groups -OCH3 is 2. The van der Waals surface area contributed by atoms with Crippen LogP contribution in [0.2, 0.25) is 0 Å². The van der Waals surface area contributed by atoms with Crippen LogP contribution in [0.3, 0.4) is 0 Å². The highest BCUT2D eigenvalue weighted by Gasteiger charge is 2.28. The highest BCUT2D eigenvalue weighted by Crippen LogP contribution is 2.29. The summed E-state index contributed by atoms with van der Waals surface area (Å²) in [7, 11) is 3.06. The lowest BCUT2D eigenvalue weighted by Crippen LogP contribution is -2.49. The maximum absolute atomic E-state index is 12.8. The molecule has 0 aliphatic carbocycles. The van der Waals surface area contributed by atoms with Gasteiger partial charge in [0, 0.05) is 6.07 Å². The largest absolute Gasteiger partial charge is 0.497 e. The van der Waals surface area contributed by atoms with E-state index in [9.17, 15) is 9.59 Å². The molecule has 7 nitrogen and oxygen atoms in total. The Labute approximate surface area is 155 Å². The van der Waals surface area contributed by atoms with Crippen molar-refractivity contribution in [3.8, 4) is 11.5 Å². The number of carbonyl (C=O) groups excluding carboxylic acids is 2. The molecule has 0 spiro atoms. The van der Waals surface area contributed by atoms with Gasteiger partial charge in [0.05, 0.1) is 19.9 Å². The highest BCUT2D eigenvalue weighted by molar-refractivity contribution is 5.98. The van der Waals surface area contributed by atoms with Gasteiger partial charge < -0.3 is 24.8 Å². The first-order valence-corrected chi connectivity index (χ1v) is 8.63. The van der Waals surface area contributed by atoms with Gasteiger partial charge in [-0.25, -0.2) is 4.79 Å². The number of benzene rings is 1. The van der Waals surface area contributed by atoms with Crippen LogP contribution in [0, 0.1) is 5.92 Å². The van der Waals surface area contributed by atoms with E-state index in [1.165, 1.54) is 7.11 Å². The van der Waals surface area contributed by atoms with E-state index in [0.717, 1.165) is 0 Å². The fourth-order valence-corrected chi connectivity index (χ4v) is 2.25. The fraction of sp³-hybridized carbons (Fsp3) is 0.579. The first kappa shape index (κ1) is 21.6. The van der Waals surface area contributed by atoms with Crippen molar-refractivity contribution >= 4 is 17.7 Å². The summed E-state index contributed by atoms with van der Waals surface area (Å²) in [5.74, 6) is 0.670. The van der Waals surface area contributed by atoms with E-state index in [0.29, 0.717) is 23.6 Å². The molecule has 0 bridgehead atoms. The second-order valence-corrected chi connectivity index (χ2v) is 7.06. The lowest BCUT2D eigenvalue weighted by molar-refractivity contribution is -0.119. The van der Waals surface area contributed by atoms with Crippen molar-refractivity contribution < 1.29 is 23.8 Å². The second-order valence-electron chi connectivity index (χ2n) is 7.06. The number of anilines is 1. The second kappa shape index (κ2) is 9.31. The smallest absolute Gasteiger partial charge is 0.408 e. The van der Waals surface area contributed by atoms with Crippen LogP contribution < -0.4 is 20.1 Å². The van der Waals surface area contributed by atoms with Crippen LogP contribution in [0.25, 0.3) is 0 Å². The Bertz CT molecular complexity index is 625. The van der Waals surface area contributed by atoms with Gasteiger partial charge in [0.25, 0.3) is 0 Å². The van der Waals surface area contributed by atoms with Crippen LogP contribution >= 0.6 is 0 Å². The van der Waals surface area contributed by atoms with Crippen LogP contribution in [0.5, 0.6) is 11.5 Å². The predicted molar refractivity (Wildman–Crippen MR) is 101 cm³/mol. The van der Waals surface area contributed by atoms with E-state index in [1.807, 2.05) is 13.8 Å². The molecule has 0 aromatic heterocycles. The molecule has 0 saturated heterocycles. The third-order valence-electron chi connectivity index (χ3n) is 3.83. The van der Waals surface area contributed by atoms with Gasteiger partial charge in [0.1, 0.15) is 23.1 Å². The number of carbonyl (C=O) groups is 2. The Kier molecular flexibility index (Phi) is 7.74. The molecular weight excluding hydrogens is 336 g/mol. The molecule has 0 fully saturated rings. The number of hydrogen-bond acceptors (Lipinski definition) is 5. The summed E-state index contributed by atoms with van der Waals surface area (Å²) in [4.78, 5) is 24.9. The molecule has 146 valence electrons. The van der Waals surface area contributed by atoms with E-state index in [4.69, 9.17) is 14.2 Å². The molecule has 1 aromatic carbocycles. The number of ether oxygens (including phenoxy) is 3. The number of rotatable bonds is 7. The summed E-state index contributed by atoms with van der Waals surface area (Å²) in [6.07, 6.45) is 0.0906. The van der Waals surface area contributed by atoms with Crippen molar-refractivity contribution in [1.29, 1.82) is 0 Å². The Morgan fingerprint density at radius 1 is 1.15 bits per heavy atom. The minimum atomic E-state index is -0.735. The Balaban J connectivity index is 2.95. The van der Waals surface area contributed by atoms with Crippen LogP contribution in [-0.4, -0.2) is 37.9 Å². The van der Waals surface area contributed by atoms with Gasteiger partial charge in [-0.1, -0.05) is 20.3 Å². The zero-order valence-corrected chi connectivity index (χ0v) is 16.6. The van der Waals surface area contributed by atoms with Gasteiger partial charge in [0.15, 0.2) is 0 Å². The Hall–Kier alpha value is -2.44. The Morgan fingerprint density at radius 3 is 2.31 bits per heavy atom. The molecule has 0 aliphatic rings. The van der Waals surface area contributed by atoms with Gasteiger partial charge in [-0.15, -0.1) is 0 Å². The van der Waals surface area contributed by atoms with Crippen molar-refractivity contribution in [2.24, 2.45) is 5.92 Å². The molecule has 2 unspecified atom stereocenters. The molecule has 2 atom stereocenters. The maximum Gasteiger partial charge on any atom is 0.408 e. The van der Waals surface area contributed by atoms with Crippen molar-refractivity contribution in [2.45, 2.75) is 52.7 Å². The SMILES string of the molecule is CCC(C)C(NC(=O)OC(C)(C)C)C(=O)Nc1ccc(OC)cc1OC.